The predicted octanol–water partition coefficient (Wildman–Crippen LogP) is 5.37. The van der Waals surface area contributed by atoms with Gasteiger partial charge in [0.25, 0.3) is 5.56 Å². The number of hydrogen-bond donors (Lipinski definition) is 2. The van der Waals surface area contributed by atoms with E-state index < -0.39 is 5.69 Å². The lowest BCUT2D eigenvalue weighted by atomic mass is 9.72. The van der Waals surface area contributed by atoms with Crippen molar-refractivity contribution in [3.05, 3.63) is 90.2 Å². The van der Waals surface area contributed by atoms with E-state index in [1.807, 2.05) is 12.1 Å². The van der Waals surface area contributed by atoms with Crippen LogP contribution in [0.25, 0.3) is 0 Å². The molecule has 1 heterocycles. The molecule has 2 N–H and O–H groups in total. The van der Waals surface area contributed by atoms with Crippen molar-refractivity contribution in [2.45, 2.75) is 44.4 Å². The molecule has 0 aliphatic heterocycles. The van der Waals surface area contributed by atoms with Gasteiger partial charge in [0.05, 0.1) is 10.0 Å². The number of hydrogen-bond acceptors (Lipinski definition) is 2. The fraction of sp³-hybridized carbons (Fsp3) is 0.391. The first-order valence-electron chi connectivity index (χ1n) is 10.1. The minimum atomic E-state index is -0.451. The Morgan fingerprint density at radius 1 is 1.00 bits per heavy atom. The maximum Gasteiger partial charge on any atom is 0.325 e. The zero-order valence-electron chi connectivity index (χ0n) is 16.1. The molecule has 1 fully saturated rings. The van der Waals surface area contributed by atoms with Crippen molar-refractivity contribution in [2.24, 2.45) is 11.8 Å². The fourth-order valence-electron chi connectivity index (χ4n) is 4.71. The minimum absolute atomic E-state index is 0.178. The van der Waals surface area contributed by atoms with Crippen LogP contribution in [0.3, 0.4) is 0 Å². The van der Waals surface area contributed by atoms with Crippen LogP contribution in [0, 0.1) is 11.8 Å². The summed E-state index contributed by atoms with van der Waals surface area (Å²) in [6.45, 7) is 0. The van der Waals surface area contributed by atoms with Crippen LogP contribution < -0.4 is 11.2 Å². The summed E-state index contributed by atoms with van der Waals surface area (Å²) in [7, 11) is 0. The second-order valence-electron chi connectivity index (χ2n) is 8.01. The molecule has 29 heavy (non-hydrogen) atoms. The fourth-order valence-corrected chi connectivity index (χ4v) is 5.10. The van der Waals surface area contributed by atoms with E-state index in [9.17, 15) is 9.59 Å². The average molecular weight is 431 g/mol. The largest absolute Gasteiger partial charge is 0.325 e. The Balaban J connectivity index is 1.58. The predicted molar refractivity (Wildman–Crippen MR) is 118 cm³/mol. The normalized spacial score (nSPS) is 24.0. The monoisotopic (exact) mass is 430 g/mol. The van der Waals surface area contributed by atoms with Crippen molar-refractivity contribution in [3.63, 3.8) is 0 Å². The summed E-state index contributed by atoms with van der Waals surface area (Å²) in [6.07, 6.45) is 14.4. The van der Waals surface area contributed by atoms with Gasteiger partial charge < -0.3 is 4.98 Å². The van der Waals surface area contributed by atoms with Gasteiger partial charge in [0.2, 0.25) is 0 Å². The lowest BCUT2D eigenvalue weighted by molar-refractivity contribution is 0.262. The molecule has 152 valence electrons. The number of aromatic amines is 2. The van der Waals surface area contributed by atoms with Gasteiger partial charge in [0, 0.05) is 17.7 Å². The van der Waals surface area contributed by atoms with Crippen molar-refractivity contribution in [1.82, 2.24) is 9.97 Å². The Morgan fingerprint density at radius 2 is 1.79 bits per heavy atom. The first kappa shape index (κ1) is 20.2. The lowest BCUT2D eigenvalue weighted by Gasteiger charge is -2.33. The number of aromatic nitrogens is 2. The Morgan fingerprint density at radius 3 is 2.52 bits per heavy atom. The maximum atomic E-state index is 12.6. The Bertz CT molecular complexity index is 1060. The molecule has 1 saturated carbocycles. The molecule has 1 unspecified atom stereocenters. The number of benzene rings is 1. The van der Waals surface area contributed by atoms with Gasteiger partial charge in [-0.15, -0.1) is 0 Å². The summed E-state index contributed by atoms with van der Waals surface area (Å²) in [6, 6.07) is 5.41. The highest BCUT2D eigenvalue weighted by atomic mass is 35.5. The van der Waals surface area contributed by atoms with Gasteiger partial charge in [0.1, 0.15) is 0 Å². The number of halogens is 2. The third kappa shape index (κ3) is 4.44. The second-order valence-corrected chi connectivity index (χ2v) is 8.80. The summed E-state index contributed by atoms with van der Waals surface area (Å²) in [4.78, 5) is 30.0. The molecular formula is C23H24Cl2N2O2. The molecule has 2 aliphatic carbocycles. The molecule has 1 atom stereocenters. The van der Waals surface area contributed by atoms with Crippen LogP contribution in [0.5, 0.6) is 0 Å². The van der Waals surface area contributed by atoms with Gasteiger partial charge in [0.15, 0.2) is 0 Å². The minimum Gasteiger partial charge on any atom is -0.311 e. The van der Waals surface area contributed by atoms with E-state index >= 15 is 0 Å². The summed E-state index contributed by atoms with van der Waals surface area (Å²) in [5, 5.41) is 0.910. The van der Waals surface area contributed by atoms with Gasteiger partial charge in [-0.1, -0.05) is 59.6 Å². The van der Waals surface area contributed by atoms with Crippen molar-refractivity contribution < 1.29 is 0 Å². The van der Waals surface area contributed by atoms with Gasteiger partial charge >= 0.3 is 5.69 Å². The van der Waals surface area contributed by atoms with Crippen molar-refractivity contribution >= 4 is 23.2 Å². The smallest absolute Gasteiger partial charge is 0.311 e. The van der Waals surface area contributed by atoms with E-state index in [1.165, 1.54) is 0 Å². The van der Waals surface area contributed by atoms with Gasteiger partial charge in [-0.3, -0.25) is 9.78 Å². The molecule has 1 aromatic carbocycles. The van der Waals surface area contributed by atoms with Gasteiger partial charge in [-0.2, -0.15) is 0 Å². The highest BCUT2D eigenvalue weighted by Crippen LogP contribution is 2.41. The zero-order valence-corrected chi connectivity index (χ0v) is 17.6. The summed E-state index contributed by atoms with van der Waals surface area (Å²) in [5.74, 6) is 1.44. The standard InChI is InChI=1S/C23H24Cl2N2O2/c24-19-8-4-7-17(20(19)25)13-18-21(26-23(29)27-22(18)28)16-11-9-15(10-12-16)14-5-2-1-3-6-14/h1-5,7-8,14-16H,6,9-13H2,(H2,26,27,28,29). The lowest BCUT2D eigenvalue weighted by Crippen LogP contribution is -2.31. The van der Waals surface area contributed by atoms with E-state index in [0.29, 0.717) is 33.9 Å². The number of rotatable bonds is 4. The molecule has 4 rings (SSSR count). The topological polar surface area (TPSA) is 65.7 Å². The summed E-state index contributed by atoms with van der Waals surface area (Å²) in [5.41, 5.74) is 1.33. The maximum absolute atomic E-state index is 12.6. The van der Waals surface area contributed by atoms with E-state index in [0.717, 1.165) is 43.4 Å². The Labute approximate surface area is 179 Å². The molecule has 0 spiro atoms. The van der Waals surface area contributed by atoms with Crippen LogP contribution in [0.1, 0.15) is 54.8 Å². The van der Waals surface area contributed by atoms with Crippen molar-refractivity contribution in [1.29, 1.82) is 0 Å². The number of allylic oxidation sites excluding steroid dienone is 4. The molecule has 2 aliphatic rings. The number of nitrogens with one attached hydrogen (secondary N) is 2. The molecule has 4 nitrogen and oxygen atoms in total. The third-order valence-electron chi connectivity index (χ3n) is 6.27. The van der Waals surface area contributed by atoms with Crippen LogP contribution in [-0.4, -0.2) is 9.97 Å². The first-order valence-corrected chi connectivity index (χ1v) is 10.9. The van der Waals surface area contributed by atoms with E-state index in [2.05, 4.69) is 34.3 Å². The van der Waals surface area contributed by atoms with Crippen LogP contribution in [0.4, 0.5) is 0 Å². The van der Waals surface area contributed by atoms with E-state index in [1.54, 1.807) is 6.07 Å². The zero-order chi connectivity index (χ0) is 20.4. The number of H-pyrrole nitrogens is 2. The molecule has 6 heteroatoms. The quantitative estimate of drug-likeness (QED) is 0.684. The molecule has 1 aromatic heterocycles. The molecular weight excluding hydrogens is 407 g/mol. The van der Waals surface area contributed by atoms with Crippen molar-refractivity contribution in [3.8, 4) is 0 Å². The molecule has 0 amide bonds. The van der Waals surface area contributed by atoms with E-state index in [-0.39, 0.29) is 11.5 Å². The van der Waals surface area contributed by atoms with E-state index in [4.69, 9.17) is 23.2 Å². The molecule has 0 saturated heterocycles. The molecule has 0 bridgehead atoms. The van der Waals surface area contributed by atoms with Gasteiger partial charge in [-0.25, -0.2) is 4.79 Å². The van der Waals surface area contributed by atoms with Gasteiger partial charge in [-0.05, 0) is 61.5 Å². The first-order chi connectivity index (χ1) is 14.0. The highest BCUT2D eigenvalue weighted by Gasteiger charge is 2.29. The third-order valence-corrected chi connectivity index (χ3v) is 7.13. The van der Waals surface area contributed by atoms with Crippen LogP contribution in [-0.2, 0) is 6.42 Å². The summed E-state index contributed by atoms with van der Waals surface area (Å²) < 4.78 is 0. The van der Waals surface area contributed by atoms with Crippen LogP contribution in [0.15, 0.2) is 52.1 Å². The Kier molecular flexibility index (Phi) is 6.12. The molecule has 2 aromatic rings. The second kappa shape index (κ2) is 8.76. The van der Waals surface area contributed by atoms with Crippen molar-refractivity contribution in [2.75, 3.05) is 0 Å². The van der Waals surface area contributed by atoms with Crippen LogP contribution in [0.2, 0.25) is 10.0 Å². The Hall–Kier alpha value is -2.04. The molecule has 0 radical (unpaired) electrons. The SMILES string of the molecule is O=c1[nH]c(C2CCC(C3C=CC=CC3)CC2)c(Cc2cccc(Cl)c2Cl)c(=O)[nH]1. The average Bonchev–Trinajstić information content (AvgIpc) is 2.73. The highest BCUT2D eigenvalue weighted by molar-refractivity contribution is 6.42. The van der Waals surface area contributed by atoms with Crippen LogP contribution >= 0.6 is 23.2 Å². The summed E-state index contributed by atoms with van der Waals surface area (Å²) >= 11 is 12.5.